The Morgan fingerprint density at radius 1 is 1.16 bits per heavy atom. The van der Waals surface area contributed by atoms with Crippen molar-refractivity contribution in [2.75, 3.05) is 6.61 Å². The second kappa shape index (κ2) is 8.73. The number of carbonyl (C=O) groups excluding carboxylic acids is 1. The molecule has 0 unspecified atom stereocenters. The number of pyridine rings is 1. The van der Waals surface area contributed by atoms with Crippen LogP contribution in [0.25, 0.3) is 22.6 Å². The molecule has 0 radical (unpaired) electrons. The summed E-state index contributed by atoms with van der Waals surface area (Å²) in [6, 6.07) is 7.53. The molecular formula is C21H16ClF2N5O2. The van der Waals surface area contributed by atoms with Gasteiger partial charge in [-0.15, -0.1) is 0 Å². The molecular weight excluding hydrogens is 428 g/mol. The fourth-order valence-corrected chi connectivity index (χ4v) is 3.28. The molecule has 0 atom stereocenters. The Morgan fingerprint density at radius 3 is 2.71 bits per heavy atom. The van der Waals surface area contributed by atoms with E-state index in [1.807, 2.05) is 0 Å². The van der Waals surface area contributed by atoms with Crippen LogP contribution < -0.4 is 0 Å². The summed E-state index contributed by atoms with van der Waals surface area (Å²) in [7, 11) is 0. The Balaban J connectivity index is 1.75. The summed E-state index contributed by atoms with van der Waals surface area (Å²) in [6.45, 7) is 2.03. The largest absolute Gasteiger partial charge is 0.466 e. The number of ether oxygens (including phenoxy) is 1. The molecule has 0 fully saturated rings. The minimum absolute atomic E-state index is 0.0548. The SMILES string of the molecule is CCOC(=O)Cc1cnc(-c2nn(Cc3ccccc3F)c3ncc(F)cc23)nc1Cl. The van der Waals surface area contributed by atoms with Gasteiger partial charge in [0.25, 0.3) is 0 Å². The van der Waals surface area contributed by atoms with Crippen molar-refractivity contribution >= 4 is 28.6 Å². The van der Waals surface area contributed by atoms with Gasteiger partial charge in [-0.2, -0.15) is 5.10 Å². The van der Waals surface area contributed by atoms with E-state index in [0.717, 1.165) is 6.20 Å². The molecule has 0 spiro atoms. The molecule has 0 amide bonds. The van der Waals surface area contributed by atoms with Crippen molar-refractivity contribution in [3.8, 4) is 11.5 Å². The molecule has 0 saturated carbocycles. The number of carbonyl (C=O) groups is 1. The van der Waals surface area contributed by atoms with E-state index in [2.05, 4.69) is 20.1 Å². The minimum Gasteiger partial charge on any atom is -0.466 e. The van der Waals surface area contributed by atoms with Crippen molar-refractivity contribution < 1.29 is 18.3 Å². The highest BCUT2D eigenvalue weighted by Crippen LogP contribution is 2.27. The Labute approximate surface area is 180 Å². The Morgan fingerprint density at radius 2 is 1.97 bits per heavy atom. The van der Waals surface area contributed by atoms with Gasteiger partial charge in [-0.05, 0) is 19.1 Å². The van der Waals surface area contributed by atoms with Crippen LogP contribution >= 0.6 is 11.6 Å². The lowest BCUT2D eigenvalue weighted by molar-refractivity contribution is -0.142. The van der Waals surface area contributed by atoms with E-state index in [9.17, 15) is 13.6 Å². The number of halogens is 3. The lowest BCUT2D eigenvalue weighted by Gasteiger charge is -2.05. The first-order valence-corrected chi connectivity index (χ1v) is 9.77. The van der Waals surface area contributed by atoms with E-state index >= 15 is 0 Å². The van der Waals surface area contributed by atoms with Gasteiger partial charge in [0.15, 0.2) is 11.5 Å². The third-order valence-corrected chi connectivity index (χ3v) is 4.82. The van der Waals surface area contributed by atoms with Crippen molar-refractivity contribution in [1.29, 1.82) is 0 Å². The third kappa shape index (κ3) is 4.36. The van der Waals surface area contributed by atoms with E-state index in [0.29, 0.717) is 22.2 Å². The average molecular weight is 444 g/mol. The molecule has 31 heavy (non-hydrogen) atoms. The molecule has 158 valence electrons. The average Bonchev–Trinajstić information content (AvgIpc) is 3.09. The van der Waals surface area contributed by atoms with Crippen LogP contribution in [-0.2, 0) is 22.5 Å². The normalized spacial score (nSPS) is 11.1. The monoisotopic (exact) mass is 443 g/mol. The number of esters is 1. The molecule has 0 bridgehead atoms. The third-order valence-electron chi connectivity index (χ3n) is 4.50. The molecule has 7 nitrogen and oxygen atoms in total. The maximum atomic E-state index is 14.1. The number of hydrogen-bond acceptors (Lipinski definition) is 6. The Hall–Kier alpha value is -3.46. The van der Waals surface area contributed by atoms with Gasteiger partial charge in [-0.3, -0.25) is 4.79 Å². The minimum atomic E-state index is -0.566. The van der Waals surface area contributed by atoms with Crippen LogP contribution in [-0.4, -0.2) is 37.3 Å². The van der Waals surface area contributed by atoms with E-state index in [1.54, 1.807) is 25.1 Å². The predicted octanol–water partition coefficient (Wildman–Crippen LogP) is 3.97. The van der Waals surface area contributed by atoms with E-state index in [4.69, 9.17) is 16.3 Å². The predicted molar refractivity (Wildman–Crippen MR) is 109 cm³/mol. The lowest BCUT2D eigenvalue weighted by Crippen LogP contribution is -2.09. The summed E-state index contributed by atoms with van der Waals surface area (Å²) in [4.78, 5) is 24.3. The summed E-state index contributed by atoms with van der Waals surface area (Å²) in [5.41, 5.74) is 1.37. The van der Waals surface area contributed by atoms with E-state index in [-0.39, 0.29) is 36.2 Å². The zero-order chi connectivity index (χ0) is 22.0. The van der Waals surface area contributed by atoms with Gasteiger partial charge in [0.1, 0.15) is 22.5 Å². The van der Waals surface area contributed by atoms with Crippen molar-refractivity contribution in [2.24, 2.45) is 0 Å². The van der Waals surface area contributed by atoms with Gasteiger partial charge in [0, 0.05) is 17.3 Å². The summed E-state index contributed by atoms with van der Waals surface area (Å²) >= 11 is 6.23. The fourth-order valence-electron chi connectivity index (χ4n) is 3.08. The van der Waals surface area contributed by atoms with Crippen LogP contribution in [0.4, 0.5) is 8.78 Å². The van der Waals surface area contributed by atoms with Gasteiger partial charge in [-0.1, -0.05) is 29.8 Å². The lowest BCUT2D eigenvalue weighted by atomic mass is 10.2. The molecule has 10 heteroatoms. The van der Waals surface area contributed by atoms with Crippen LogP contribution in [0.1, 0.15) is 18.1 Å². The molecule has 3 heterocycles. The number of fused-ring (bicyclic) bond motifs is 1. The number of hydrogen-bond donors (Lipinski definition) is 0. The zero-order valence-corrected chi connectivity index (χ0v) is 17.1. The second-order valence-corrected chi connectivity index (χ2v) is 6.97. The highest BCUT2D eigenvalue weighted by Gasteiger charge is 2.19. The summed E-state index contributed by atoms with van der Waals surface area (Å²) in [5.74, 6) is -1.28. The van der Waals surface area contributed by atoms with Crippen molar-refractivity contribution in [3.05, 3.63) is 70.6 Å². The van der Waals surface area contributed by atoms with Crippen molar-refractivity contribution in [1.82, 2.24) is 24.7 Å². The first-order chi connectivity index (χ1) is 15.0. The van der Waals surface area contributed by atoms with Crippen LogP contribution in [0, 0.1) is 11.6 Å². The maximum absolute atomic E-state index is 14.1. The number of aromatic nitrogens is 5. The molecule has 0 aliphatic rings. The van der Waals surface area contributed by atoms with E-state index in [1.165, 1.54) is 23.0 Å². The molecule has 4 aromatic rings. The van der Waals surface area contributed by atoms with E-state index < -0.39 is 17.6 Å². The molecule has 4 rings (SSSR count). The number of nitrogens with zero attached hydrogens (tertiary/aromatic N) is 5. The van der Waals surface area contributed by atoms with Gasteiger partial charge in [0.2, 0.25) is 0 Å². The van der Waals surface area contributed by atoms with Crippen molar-refractivity contribution in [3.63, 3.8) is 0 Å². The summed E-state index contributed by atoms with van der Waals surface area (Å²) in [6.07, 6.45) is 2.38. The van der Waals surface area contributed by atoms with Gasteiger partial charge in [-0.25, -0.2) is 28.4 Å². The first-order valence-electron chi connectivity index (χ1n) is 9.39. The Kier molecular flexibility index (Phi) is 5.85. The summed E-state index contributed by atoms with van der Waals surface area (Å²) < 4.78 is 34.4. The number of rotatable bonds is 6. The highest BCUT2D eigenvalue weighted by molar-refractivity contribution is 6.30. The summed E-state index contributed by atoms with van der Waals surface area (Å²) in [5, 5.41) is 4.85. The first kappa shape index (κ1) is 20.8. The van der Waals surface area contributed by atoms with Crippen LogP contribution in [0.15, 0.2) is 42.7 Å². The highest BCUT2D eigenvalue weighted by atomic mass is 35.5. The molecule has 0 N–H and O–H groups in total. The second-order valence-electron chi connectivity index (χ2n) is 6.61. The molecule has 0 aliphatic heterocycles. The standard InChI is InChI=1S/C21H16ClF2N5O2/c1-2-31-17(30)7-13-9-25-20(27-19(13)22)18-15-8-14(23)10-26-21(15)29(28-18)11-12-5-3-4-6-16(12)24/h3-6,8-10H,2,7,11H2,1H3. The topological polar surface area (TPSA) is 82.8 Å². The van der Waals surface area contributed by atoms with Gasteiger partial charge < -0.3 is 4.74 Å². The molecule has 1 aromatic carbocycles. The smallest absolute Gasteiger partial charge is 0.310 e. The zero-order valence-electron chi connectivity index (χ0n) is 16.3. The molecule has 3 aromatic heterocycles. The number of benzene rings is 1. The van der Waals surface area contributed by atoms with Gasteiger partial charge in [0.05, 0.1) is 31.2 Å². The van der Waals surface area contributed by atoms with Gasteiger partial charge >= 0.3 is 5.97 Å². The molecule has 0 saturated heterocycles. The van der Waals surface area contributed by atoms with Crippen LogP contribution in [0.2, 0.25) is 5.15 Å². The van der Waals surface area contributed by atoms with Crippen LogP contribution in [0.3, 0.4) is 0 Å². The molecule has 0 aliphatic carbocycles. The Bertz CT molecular complexity index is 1280. The quantitative estimate of drug-likeness (QED) is 0.331. The van der Waals surface area contributed by atoms with Crippen LogP contribution in [0.5, 0.6) is 0 Å². The van der Waals surface area contributed by atoms with Crippen molar-refractivity contribution in [2.45, 2.75) is 19.9 Å². The fraction of sp³-hybridized carbons (Fsp3) is 0.190. The maximum Gasteiger partial charge on any atom is 0.310 e.